The first-order valence-electron chi connectivity index (χ1n) is 5.62. The Morgan fingerprint density at radius 2 is 2.00 bits per heavy atom. The second-order valence-electron chi connectivity index (χ2n) is 4.72. The SMILES string of the molecule is COc1ccc(N)cc1C(=O)OCC(C)(C)C(=O)O. The van der Waals surface area contributed by atoms with Gasteiger partial charge in [-0.3, -0.25) is 4.79 Å². The van der Waals surface area contributed by atoms with Crippen LogP contribution in [0.2, 0.25) is 0 Å². The monoisotopic (exact) mass is 267 g/mol. The number of carbonyl (C=O) groups is 2. The maximum atomic E-state index is 11.9. The van der Waals surface area contributed by atoms with E-state index in [1.165, 1.54) is 27.0 Å². The van der Waals surface area contributed by atoms with Crippen LogP contribution in [-0.4, -0.2) is 30.8 Å². The average Bonchev–Trinajstić information content (AvgIpc) is 2.35. The quantitative estimate of drug-likeness (QED) is 0.620. The summed E-state index contributed by atoms with van der Waals surface area (Å²) in [5, 5.41) is 8.93. The van der Waals surface area contributed by atoms with Crippen LogP contribution in [0.1, 0.15) is 24.2 Å². The highest BCUT2D eigenvalue weighted by atomic mass is 16.5. The summed E-state index contributed by atoms with van der Waals surface area (Å²) in [6.07, 6.45) is 0. The van der Waals surface area contributed by atoms with Crippen LogP contribution >= 0.6 is 0 Å². The van der Waals surface area contributed by atoms with Crippen molar-refractivity contribution in [1.29, 1.82) is 0 Å². The van der Waals surface area contributed by atoms with Crippen LogP contribution in [-0.2, 0) is 9.53 Å². The predicted octanol–water partition coefficient (Wildman–Crippen LogP) is 1.54. The fourth-order valence-corrected chi connectivity index (χ4v) is 1.27. The van der Waals surface area contributed by atoms with E-state index in [0.717, 1.165) is 0 Å². The highest BCUT2D eigenvalue weighted by Gasteiger charge is 2.29. The van der Waals surface area contributed by atoms with Crippen molar-refractivity contribution < 1.29 is 24.2 Å². The van der Waals surface area contributed by atoms with E-state index in [1.54, 1.807) is 12.1 Å². The molecule has 0 spiro atoms. The van der Waals surface area contributed by atoms with E-state index in [4.69, 9.17) is 20.3 Å². The van der Waals surface area contributed by atoms with E-state index in [0.29, 0.717) is 11.4 Å². The molecule has 0 atom stereocenters. The Labute approximate surface area is 111 Å². The first kappa shape index (κ1) is 14.8. The number of carboxylic acids is 1. The number of esters is 1. The number of nitrogen functional groups attached to an aromatic ring is 1. The van der Waals surface area contributed by atoms with Gasteiger partial charge in [0.05, 0.1) is 12.5 Å². The van der Waals surface area contributed by atoms with Gasteiger partial charge in [-0.1, -0.05) is 0 Å². The van der Waals surface area contributed by atoms with Crippen LogP contribution in [0.15, 0.2) is 18.2 Å². The molecule has 0 saturated heterocycles. The molecule has 1 aromatic rings. The zero-order valence-corrected chi connectivity index (χ0v) is 11.1. The van der Waals surface area contributed by atoms with Gasteiger partial charge < -0.3 is 20.3 Å². The molecule has 19 heavy (non-hydrogen) atoms. The second kappa shape index (κ2) is 5.60. The summed E-state index contributed by atoms with van der Waals surface area (Å²) < 4.78 is 10.0. The molecular formula is C13H17NO5. The van der Waals surface area contributed by atoms with Crippen LogP contribution in [0.25, 0.3) is 0 Å². The van der Waals surface area contributed by atoms with E-state index in [-0.39, 0.29) is 12.2 Å². The second-order valence-corrected chi connectivity index (χ2v) is 4.72. The van der Waals surface area contributed by atoms with Gasteiger partial charge in [0.1, 0.15) is 17.9 Å². The Morgan fingerprint density at radius 3 is 2.53 bits per heavy atom. The molecule has 0 aromatic heterocycles. The Morgan fingerprint density at radius 1 is 1.37 bits per heavy atom. The third kappa shape index (κ3) is 3.61. The molecule has 0 fully saturated rings. The fourth-order valence-electron chi connectivity index (χ4n) is 1.27. The van der Waals surface area contributed by atoms with Crippen molar-refractivity contribution in [2.24, 2.45) is 5.41 Å². The molecule has 6 heteroatoms. The largest absolute Gasteiger partial charge is 0.496 e. The van der Waals surface area contributed by atoms with Crippen molar-refractivity contribution in [3.63, 3.8) is 0 Å². The average molecular weight is 267 g/mol. The number of benzene rings is 1. The number of hydrogen-bond acceptors (Lipinski definition) is 5. The minimum Gasteiger partial charge on any atom is -0.496 e. The minimum atomic E-state index is -1.15. The summed E-state index contributed by atoms with van der Waals surface area (Å²) in [6, 6.07) is 4.57. The lowest BCUT2D eigenvalue weighted by Gasteiger charge is -2.19. The van der Waals surface area contributed by atoms with Crippen LogP contribution < -0.4 is 10.5 Å². The van der Waals surface area contributed by atoms with Crippen molar-refractivity contribution in [1.82, 2.24) is 0 Å². The van der Waals surface area contributed by atoms with E-state index < -0.39 is 17.4 Å². The van der Waals surface area contributed by atoms with Crippen LogP contribution in [0, 0.1) is 5.41 Å². The van der Waals surface area contributed by atoms with Crippen LogP contribution in [0.5, 0.6) is 5.75 Å². The summed E-state index contributed by atoms with van der Waals surface area (Å²) in [6.45, 7) is 2.71. The minimum absolute atomic E-state index is 0.170. The van der Waals surface area contributed by atoms with Gasteiger partial charge in [-0.15, -0.1) is 0 Å². The first-order chi connectivity index (χ1) is 8.77. The molecule has 3 N–H and O–H groups in total. The number of carbonyl (C=O) groups excluding carboxylic acids is 1. The smallest absolute Gasteiger partial charge is 0.342 e. The maximum absolute atomic E-state index is 11.9. The molecule has 0 aliphatic rings. The van der Waals surface area contributed by atoms with Crippen molar-refractivity contribution in [3.05, 3.63) is 23.8 Å². The third-order valence-electron chi connectivity index (χ3n) is 2.59. The van der Waals surface area contributed by atoms with Crippen molar-refractivity contribution in [3.8, 4) is 5.75 Å². The molecular weight excluding hydrogens is 250 g/mol. The first-order valence-corrected chi connectivity index (χ1v) is 5.62. The van der Waals surface area contributed by atoms with Gasteiger partial charge in [-0.2, -0.15) is 0 Å². The van der Waals surface area contributed by atoms with Crippen LogP contribution in [0.4, 0.5) is 5.69 Å². The molecule has 1 aromatic carbocycles. The van der Waals surface area contributed by atoms with E-state index in [1.807, 2.05) is 0 Å². The molecule has 6 nitrogen and oxygen atoms in total. The molecule has 0 aliphatic heterocycles. The highest BCUT2D eigenvalue weighted by Crippen LogP contribution is 2.23. The Balaban J connectivity index is 2.84. The standard InChI is InChI=1S/C13H17NO5/c1-13(2,12(16)17)7-19-11(15)9-6-8(14)4-5-10(9)18-3/h4-6H,7,14H2,1-3H3,(H,16,17). The lowest BCUT2D eigenvalue weighted by atomic mass is 9.95. The Kier molecular flexibility index (Phi) is 4.37. The molecule has 0 aliphatic carbocycles. The predicted molar refractivity (Wildman–Crippen MR) is 69.1 cm³/mol. The van der Waals surface area contributed by atoms with Crippen LogP contribution in [0.3, 0.4) is 0 Å². The number of methoxy groups -OCH3 is 1. The number of hydrogen-bond donors (Lipinski definition) is 2. The fraction of sp³-hybridized carbons (Fsp3) is 0.385. The number of aliphatic carboxylic acids is 1. The van der Waals surface area contributed by atoms with Gasteiger partial charge in [0.2, 0.25) is 0 Å². The highest BCUT2D eigenvalue weighted by molar-refractivity contribution is 5.93. The van der Waals surface area contributed by atoms with Crippen molar-refractivity contribution in [2.45, 2.75) is 13.8 Å². The Bertz CT molecular complexity index is 496. The van der Waals surface area contributed by atoms with Gasteiger partial charge in [-0.05, 0) is 32.0 Å². The lowest BCUT2D eigenvalue weighted by Crippen LogP contribution is -2.30. The Hall–Kier alpha value is -2.24. The number of rotatable bonds is 5. The normalized spacial score (nSPS) is 10.9. The van der Waals surface area contributed by atoms with Gasteiger partial charge in [-0.25, -0.2) is 4.79 Å². The van der Waals surface area contributed by atoms with Crippen molar-refractivity contribution in [2.75, 3.05) is 19.5 Å². The summed E-state index contributed by atoms with van der Waals surface area (Å²) >= 11 is 0. The van der Waals surface area contributed by atoms with Gasteiger partial charge in [0.25, 0.3) is 0 Å². The zero-order chi connectivity index (χ0) is 14.6. The molecule has 0 radical (unpaired) electrons. The lowest BCUT2D eigenvalue weighted by molar-refractivity contribution is -0.149. The number of ether oxygens (including phenoxy) is 2. The molecule has 0 bridgehead atoms. The molecule has 0 amide bonds. The molecule has 1 rings (SSSR count). The zero-order valence-electron chi connectivity index (χ0n) is 11.1. The summed E-state index contributed by atoms with van der Waals surface area (Å²) in [7, 11) is 1.42. The molecule has 0 heterocycles. The maximum Gasteiger partial charge on any atom is 0.342 e. The summed E-state index contributed by atoms with van der Waals surface area (Å²) in [5.41, 5.74) is 5.01. The van der Waals surface area contributed by atoms with E-state index in [2.05, 4.69) is 0 Å². The van der Waals surface area contributed by atoms with E-state index >= 15 is 0 Å². The van der Waals surface area contributed by atoms with E-state index in [9.17, 15) is 9.59 Å². The number of carboxylic acid groups (broad SMARTS) is 1. The van der Waals surface area contributed by atoms with Gasteiger partial charge in [0, 0.05) is 5.69 Å². The molecule has 0 saturated carbocycles. The summed E-state index contributed by atoms with van der Waals surface area (Å²) in [4.78, 5) is 22.8. The van der Waals surface area contributed by atoms with Crippen molar-refractivity contribution >= 4 is 17.6 Å². The molecule has 104 valence electrons. The molecule has 0 unspecified atom stereocenters. The van der Waals surface area contributed by atoms with Gasteiger partial charge >= 0.3 is 11.9 Å². The number of nitrogens with two attached hydrogens (primary N) is 1. The number of anilines is 1. The van der Waals surface area contributed by atoms with Gasteiger partial charge in [0.15, 0.2) is 0 Å². The summed E-state index contributed by atoms with van der Waals surface area (Å²) in [5.74, 6) is -1.38. The third-order valence-corrected chi connectivity index (χ3v) is 2.59. The topological polar surface area (TPSA) is 98.9 Å².